The molecule has 0 saturated carbocycles. The number of hydrogen-bond donors (Lipinski definition) is 4. The average Bonchev–Trinajstić information content (AvgIpc) is 2.56. The van der Waals surface area contributed by atoms with Crippen LogP contribution in [0.2, 0.25) is 0 Å². The summed E-state index contributed by atoms with van der Waals surface area (Å²) in [6, 6.07) is 11.1. The Morgan fingerprint density at radius 3 is 1.20 bits per heavy atom. The normalized spacial score (nSPS) is 8.56. The van der Waals surface area contributed by atoms with Crippen LogP contribution in [0.5, 0.6) is 11.5 Å². The molecule has 0 unspecified atom stereocenters. The second kappa shape index (κ2) is 13.8. The fourth-order valence-electron chi connectivity index (χ4n) is 1.29. The van der Waals surface area contributed by atoms with Crippen LogP contribution in [-0.4, -0.2) is 35.2 Å². The number of nitrogens with two attached hydrogens (primary N) is 2. The van der Waals surface area contributed by atoms with Crippen molar-refractivity contribution in [3.05, 3.63) is 59.7 Å². The fraction of sp³-hybridized carbons (Fsp3) is 0.125. The maximum Gasteiger partial charge on any atom is 2.00 e. The summed E-state index contributed by atoms with van der Waals surface area (Å²) in [5, 5.41) is 38.1. The molecular formula is C16H18FeN2O6. The number of rotatable bonds is 3. The Balaban J connectivity index is 0. The fourth-order valence-corrected chi connectivity index (χ4v) is 1.29. The van der Waals surface area contributed by atoms with Crippen molar-refractivity contribution in [2.24, 2.45) is 11.5 Å². The molecule has 8 nitrogen and oxygen atoms in total. The molecule has 2 aromatic rings. The van der Waals surface area contributed by atoms with Gasteiger partial charge in [0.2, 0.25) is 0 Å². The molecule has 0 radical (unpaired) electrons. The smallest absolute Gasteiger partial charge is 0.872 e. The predicted octanol–water partition coefficient (Wildman–Crippen LogP) is -0.182. The first kappa shape index (κ1) is 24.7. The Morgan fingerprint density at radius 1 is 0.760 bits per heavy atom. The standard InChI is InChI=1S/2C7H6O3.C2H8N2.Fe/c2*8-6-4-2-1-3-5(6)7(9)10;3-1-2-4;/h2*1-4,8H,(H,9,10);1-4H2;/q;;;+2/p-2. The Kier molecular flexibility index (Phi) is 13.6. The van der Waals surface area contributed by atoms with E-state index in [0.29, 0.717) is 13.1 Å². The number of benzene rings is 2. The predicted molar refractivity (Wildman–Crippen MR) is 83.8 cm³/mol. The van der Waals surface area contributed by atoms with Gasteiger partial charge in [-0.2, -0.15) is 0 Å². The van der Waals surface area contributed by atoms with E-state index < -0.39 is 23.4 Å². The van der Waals surface area contributed by atoms with E-state index in [-0.39, 0.29) is 28.2 Å². The van der Waals surface area contributed by atoms with E-state index >= 15 is 0 Å². The van der Waals surface area contributed by atoms with Crippen molar-refractivity contribution < 1.29 is 47.1 Å². The van der Waals surface area contributed by atoms with Gasteiger partial charge in [-0.15, -0.1) is 0 Å². The molecule has 0 fully saturated rings. The van der Waals surface area contributed by atoms with E-state index in [4.69, 9.17) is 21.7 Å². The van der Waals surface area contributed by atoms with Gasteiger partial charge in [-0.05, 0) is 12.1 Å². The molecule has 136 valence electrons. The zero-order valence-electron chi connectivity index (χ0n) is 13.1. The van der Waals surface area contributed by atoms with Crippen LogP contribution < -0.4 is 21.7 Å². The Morgan fingerprint density at radius 2 is 1.04 bits per heavy atom. The molecule has 0 aliphatic rings. The third-order valence-corrected chi connectivity index (χ3v) is 2.40. The van der Waals surface area contributed by atoms with Gasteiger partial charge in [-0.3, -0.25) is 0 Å². The van der Waals surface area contributed by atoms with Crippen LogP contribution in [0.4, 0.5) is 0 Å². The second-order valence-electron chi connectivity index (χ2n) is 4.18. The monoisotopic (exact) mass is 390 g/mol. The molecule has 0 heterocycles. The maximum absolute atomic E-state index is 10.7. The Hall–Kier alpha value is -2.58. The SMILES string of the molecule is NCCN.O=C(O)c1ccccc1[O-].O=C(O)c1ccccc1[O-].[Fe+2]. The van der Waals surface area contributed by atoms with Crippen molar-refractivity contribution in [2.75, 3.05) is 13.1 Å². The third-order valence-electron chi connectivity index (χ3n) is 2.40. The molecule has 2 aromatic carbocycles. The van der Waals surface area contributed by atoms with Gasteiger partial charge in [0.25, 0.3) is 0 Å². The molecular weight excluding hydrogens is 372 g/mol. The van der Waals surface area contributed by atoms with E-state index in [1.807, 2.05) is 0 Å². The Bertz CT molecular complexity index is 609. The number of carbonyl (C=O) groups is 2. The van der Waals surface area contributed by atoms with Crippen LogP contribution in [0.1, 0.15) is 20.7 Å². The minimum atomic E-state index is -1.18. The first-order chi connectivity index (χ1) is 11.3. The molecule has 25 heavy (non-hydrogen) atoms. The molecule has 6 N–H and O–H groups in total. The average molecular weight is 390 g/mol. The van der Waals surface area contributed by atoms with Crippen LogP contribution in [0.25, 0.3) is 0 Å². The van der Waals surface area contributed by atoms with Crippen LogP contribution in [-0.2, 0) is 17.1 Å². The van der Waals surface area contributed by atoms with Gasteiger partial charge >= 0.3 is 29.0 Å². The van der Waals surface area contributed by atoms with E-state index in [2.05, 4.69) is 0 Å². The first-order valence-electron chi connectivity index (χ1n) is 6.73. The maximum atomic E-state index is 10.7. The number of aromatic carboxylic acids is 2. The van der Waals surface area contributed by atoms with Gasteiger partial charge in [-0.25, -0.2) is 9.59 Å². The summed E-state index contributed by atoms with van der Waals surface area (Å²) < 4.78 is 0. The molecule has 0 aromatic heterocycles. The van der Waals surface area contributed by atoms with Crippen molar-refractivity contribution in [1.29, 1.82) is 0 Å². The van der Waals surface area contributed by atoms with Gasteiger partial charge in [0.05, 0.1) is 11.1 Å². The van der Waals surface area contributed by atoms with Crippen molar-refractivity contribution in [1.82, 2.24) is 0 Å². The third kappa shape index (κ3) is 10.0. The summed E-state index contributed by atoms with van der Waals surface area (Å²) in [7, 11) is 0. The van der Waals surface area contributed by atoms with Crippen LogP contribution in [0.15, 0.2) is 48.5 Å². The van der Waals surface area contributed by atoms with Gasteiger partial charge < -0.3 is 31.9 Å². The van der Waals surface area contributed by atoms with Crippen LogP contribution in [0, 0.1) is 0 Å². The number of carboxylic acids is 2. The zero-order valence-corrected chi connectivity index (χ0v) is 14.2. The van der Waals surface area contributed by atoms with Gasteiger partial charge in [-0.1, -0.05) is 47.9 Å². The van der Waals surface area contributed by atoms with E-state index in [1.165, 1.54) is 48.5 Å². The topological polar surface area (TPSA) is 173 Å². The second-order valence-corrected chi connectivity index (χ2v) is 4.18. The molecule has 0 aliphatic heterocycles. The number of hydrogen-bond acceptors (Lipinski definition) is 6. The largest absolute Gasteiger partial charge is 2.00 e. The summed E-state index contributed by atoms with van der Waals surface area (Å²) in [4.78, 5) is 20.4. The van der Waals surface area contributed by atoms with Crippen molar-refractivity contribution in [3.8, 4) is 11.5 Å². The molecule has 0 aliphatic carbocycles. The van der Waals surface area contributed by atoms with Crippen molar-refractivity contribution >= 4 is 11.9 Å². The van der Waals surface area contributed by atoms with E-state index in [0.717, 1.165) is 0 Å². The molecule has 0 atom stereocenters. The van der Waals surface area contributed by atoms with Crippen molar-refractivity contribution in [2.45, 2.75) is 0 Å². The molecule has 2 rings (SSSR count). The molecule has 0 saturated heterocycles. The van der Waals surface area contributed by atoms with Crippen LogP contribution >= 0.6 is 0 Å². The van der Waals surface area contributed by atoms with Crippen molar-refractivity contribution in [3.63, 3.8) is 0 Å². The zero-order chi connectivity index (χ0) is 18.5. The number of para-hydroxylation sites is 2. The minimum absolute atomic E-state index is 0. The molecule has 9 heteroatoms. The van der Waals surface area contributed by atoms with E-state index in [1.54, 1.807) is 0 Å². The van der Waals surface area contributed by atoms with E-state index in [9.17, 15) is 19.8 Å². The molecule has 0 bridgehead atoms. The van der Waals surface area contributed by atoms with Gasteiger partial charge in [0.1, 0.15) is 0 Å². The summed E-state index contributed by atoms with van der Waals surface area (Å²) in [6.45, 7) is 1.19. The number of carboxylic acid groups (broad SMARTS) is 2. The van der Waals surface area contributed by atoms with Gasteiger partial charge in [0.15, 0.2) is 0 Å². The summed E-state index contributed by atoms with van der Waals surface area (Å²) in [6.07, 6.45) is 0. The quantitative estimate of drug-likeness (QED) is 0.522. The Labute approximate surface area is 155 Å². The van der Waals surface area contributed by atoms with Crippen LogP contribution in [0.3, 0.4) is 0 Å². The summed E-state index contributed by atoms with van der Waals surface area (Å²) >= 11 is 0. The first-order valence-corrected chi connectivity index (χ1v) is 6.73. The molecule has 0 amide bonds. The minimum Gasteiger partial charge on any atom is -0.872 e. The summed E-state index contributed by atoms with van der Waals surface area (Å²) in [5.41, 5.74) is 9.45. The van der Waals surface area contributed by atoms with Gasteiger partial charge in [0, 0.05) is 13.1 Å². The summed E-state index contributed by atoms with van der Waals surface area (Å²) in [5.74, 6) is -3.25. The molecule has 0 spiro atoms.